The first-order chi connectivity index (χ1) is 9.76. The lowest BCUT2D eigenvalue weighted by Crippen LogP contribution is -2.22. The molecule has 0 aromatic heterocycles. The third kappa shape index (κ3) is 7.56. The van der Waals surface area contributed by atoms with Gasteiger partial charge in [-0.2, -0.15) is 0 Å². The average molecular weight is 294 g/mol. The molecular formula is C16H22O3S. The minimum absolute atomic E-state index is 0.0329. The first-order valence-corrected chi connectivity index (χ1v) is 7.64. The highest BCUT2D eigenvalue weighted by Crippen LogP contribution is 2.20. The summed E-state index contributed by atoms with van der Waals surface area (Å²) in [4.78, 5) is 1.24. The van der Waals surface area contributed by atoms with Crippen molar-refractivity contribution < 1.29 is 14.6 Å². The summed E-state index contributed by atoms with van der Waals surface area (Å²) in [6, 6.07) is 10.2. The van der Waals surface area contributed by atoms with Crippen LogP contribution in [0.2, 0.25) is 0 Å². The molecule has 0 fully saturated rings. The van der Waals surface area contributed by atoms with E-state index in [0.717, 1.165) is 12.2 Å². The highest BCUT2D eigenvalue weighted by Gasteiger charge is 2.14. The lowest BCUT2D eigenvalue weighted by Gasteiger charge is -2.19. The van der Waals surface area contributed by atoms with Gasteiger partial charge in [-0.05, 0) is 18.6 Å². The van der Waals surface area contributed by atoms with Crippen LogP contribution in [0.5, 0.6) is 0 Å². The van der Waals surface area contributed by atoms with Crippen LogP contribution < -0.4 is 0 Å². The van der Waals surface area contributed by atoms with Gasteiger partial charge in [-0.1, -0.05) is 18.2 Å². The number of hydrogen-bond donors (Lipinski definition) is 1. The third-order valence-electron chi connectivity index (χ3n) is 2.76. The molecule has 0 aliphatic carbocycles. The Morgan fingerprint density at radius 3 is 2.75 bits per heavy atom. The quantitative estimate of drug-likeness (QED) is 0.409. The zero-order chi connectivity index (χ0) is 14.6. The number of rotatable bonds is 10. The summed E-state index contributed by atoms with van der Waals surface area (Å²) in [6.07, 6.45) is 6.41. The molecule has 0 saturated carbocycles. The first-order valence-electron chi connectivity index (χ1n) is 6.66. The number of methoxy groups -OCH3 is 1. The van der Waals surface area contributed by atoms with Crippen molar-refractivity contribution in [3.63, 3.8) is 0 Å². The van der Waals surface area contributed by atoms with Gasteiger partial charge in [0.05, 0.1) is 12.2 Å². The Morgan fingerprint density at radius 2 is 2.10 bits per heavy atom. The molecule has 1 N–H and O–H groups in total. The van der Waals surface area contributed by atoms with Crippen LogP contribution in [0.3, 0.4) is 0 Å². The number of aliphatic hydroxyl groups excluding tert-OH is 1. The number of aliphatic hydroxyl groups is 1. The van der Waals surface area contributed by atoms with Crippen LogP contribution in [0.15, 0.2) is 35.2 Å². The van der Waals surface area contributed by atoms with E-state index in [0.29, 0.717) is 12.8 Å². The largest absolute Gasteiger partial charge is 0.392 e. The normalized spacial score (nSPS) is 13.7. The van der Waals surface area contributed by atoms with Crippen LogP contribution in [0.4, 0.5) is 0 Å². The Morgan fingerprint density at radius 1 is 1.35 bits per heavy atom. The highest BCUT2D eigenvalue weighted by atomic mass is 32.2. The molecule has 110 valence electrons. The topological polar surface area (TPSA) is 38.7 Å². The fraction of sp³-hybridized carbons (Fsp3) is 0.500. The van der Waals surface area contributed by atoms with Crippen LogP contribution in [0.1, 0.15) is 19.3 Å². The minimum atomic E-state index is -0.511. The molecule has 3 nitrogen and oxygen atoms in total. The number of terminal acetylenes is 1. The zero-order valence-corrected chi connectivity index (χ0v) is 12.6. The monoisotopic (exact) mass is 294 g/mol. The van der Waals surface area contributed by atoms with Gasteiger partial charge in [0, 0.05) is 30.6 Å². The zero-order valence-electron chi connectivity index (χ0n) is 11.8. The van der Waals surface area contributed by atoms with E-state index in [4.69, 9.17) is 15.9 Å². The lowest BCUT2D eigenvalue weighted by atomic mass is 10.1. The fourth-order valence-corrected chi connectivity index (χ4v) is 2.75. The van der Waals surface area contributed by atoms with Gasteiger partial charge in [0.25, 0.3) is 0 Å². The van der Waals surface area contributed by atoms with Crippen LogP contribution in [0.25, 0.3) is 0 Å². The summed E-state index contributed by atoms with van der Waals surface area (Å²) >= 11 is 1.78. The van der Waals surface area contributed by atoms with Crippen molar-refractivity contribution in [1.29, 1.82) is 0 Å². The first kappa shape index (κ1) is 17.1. The Bertz CT molecular complexity index is 388. The van der Waals surface area contributed by atoms with Gasteiger partial charge in [0.1, 0.15) is 6.79 Å². The number of ether oxygens (including phenoxy) is 2. The van der Waals surface area contributed by atoms with Crippen LogP contribution in [0, 0.1) is 12.3 Å². The summed E-state index contributed by atoms with van der Waals surface area (Å²) in [5.41, 5.74) is 0. The average Bonchev–Trinajstić information content (AvgIpc) is 2.46. The van der Waals surface area contributed by atoms with E-state index in [1.807, 2.05) is 18.2 Å². The summed E-state index contributed by atoms with van der Waals surface area (Å²) < 4.78 is 10.5. The second kappa shape index (κ2) is 10.8. The molecule has 1 aromatic carbocycles. The maximum atomic E-state index is 9.77. The Kier molecular flexibility index (Phi) is 9.18. The number of thioether (sulfide) groups is 1. The lowest BCUT2D eigenvalue weighted by molar-refractivity contribution is -0.0842. The Balaban J connectivity index is 2.34. The second-order valence-corrected chi connectivity index (χ2v) is 5.61. The second-order valence-electron chi connectivity index (χ2n) is 4.44. The molecule has 0 aliphatic rings. The van der Waals surface area contributed by atoms with E-state index in [-0.39, 0.29) is 12.9 Å². The third-order valence-corrected chi connectivity index (χ3v) is 3.81. The molecule has 0 spiro atoms. The smallest absolute Gasteiger partial charge is 0.146 e. The summed E-state index contributed by atoms with van der Waals surface area (Å²) in [6.45, 7) is 0.240. The van der Waals surface area contributed by atoms with Crippen molar-refractivity contribution in [2.75, 3.05) is 19.7 Å². The van der Waals surface area contributed by atoms with E-state index in [1.54, 1.807) is 18.9 Å². The number of hydrogen-bond acceptors (Lipinski definition) is 4. The molecular weight excluding hydrogens is 272 g/mol. The van der Waals surface area contributed by atoms with Crippen molar-refractivity contribution in [3.05, 3.63) is 30.3 Å². The molecule has 0 aliphatic heterocycles. The van der Waals surface area contributed by atoms with E-state index in [1.165, 1.54) is 4.90 Å². The van der Waals surface area contributed by atoms with E-state index in [9.17, 15) is 5.11 Å². The fourth-order valence-electron chi connectivity index (χ4n) is 1.78. The van der Waals surface area contributed by atoms with Gasteiger partial charge in [0.15, 0.2) is 0 Å². The van der Waals surface area contributed by atoms with E-state index >= 15 is 0 Å². The maximum Gasteiger partial charge on any atom is 0.146 e. The van der Waals surface area contributed by atoms with Gasteiger partial charge in [-0.3, -0.25) is 0 Å². The maximum absolute atomic E-state index is 9.77. The van der Waals surface area contributed by atoms with Gasteiger partial charge in [-0.15, -0.1) is 24.1 Å². The molecule has 0 amide bonds. The van der Waals surface area contributed by atoms with E-state index in [2.05, 4.69) is 18.1 Å². The van der Waals surface area contributed by atoms with Gasteiger partial charge in [-0.25, -0.2) is 0 Å². The number of benzene rings is 1. The molecule has 0 radical (unpaired) electrons. The molecule has 4 heteroatoms. The molecule has 0 saturated heterocycles. The summed E-state index contributed by atoms with van der Waals surface area (Å²) in [7, 11) is 1.59. The predicted molar refractivity (Wildman–Crippen MR) is 82.6 cm³/mol. The SMILES string of the molecule is C#CC[C@@H](O)C[C@H](CCSc1ccccc1)OCOC. The highest BCUT2D eigenvalue weighted by molar-refractivity contribution is 7.99. The van der Waals surface area contributed by atoms with Gasteiger partial charge >= 0.3 is 0 Å². The van der Waals surface area contributed by atoms with Gasteiger partial charge < -0.3 is 14.6 Å². The molecule has 0 heterocycles. The molecule has 20 heavy (non-hydrogen) atoms. The van der Waals surface area contributed by atoms with Gasteiger partial charge in [0.2, 0.25) is 0 Å². The molecule has 0 bridgehead atoms. The molecule has 0 unspecified atom stereocenters. The van der Waals surface area contributed by atoms with Crippen LogP contribution in [-0.2, 0) is 9.47 Å². The molecule has 1 rings (SSSR count). The summed E-state index contributed by atoms with van der Waals surface area (Å²) in [5.74, 6) is 3.40. The minimum Gasteiger partial charge on any atom is -0.392 e. The van der Waals surface area contributed by atoms with E-state index < -0.39 is 6.10 Å². The van der Waals surface area contributed by atoms with Crippen molar-refractivity contribution in [1.82, 2.24) is 0 Å². The van der Waals surface area contributed by atoms with Crippen molar-refractivity contribution in [2.45, 2.75) is 36.4 Å². The van der Waals surface area contributed by atoms with Crippen LogP contribution >= 0.6 is 11.8 Å². The molecule has 1 aromatic rings. The van der Waals surface area contributed by atoms with Crippen molar-refractivity contribution in [3.8, 4) is 12.3 Å². The van der Waals surface area contributed by atoms with Crippen molar-refractivity contribution in [2.24, 2.45) is 0 Å². The van der Waals surface area contributed by atoms with Crippen molar-refractivity contribution >= 4 is 11.8 Å². The predicted octanol–water partition coefficient (Wildman–Crippen LogP) is 2.93. The Hall–Kier alpha value is -0.990. The van der Waals surface area contributed by atoms with Crippen LogP contribution in [-0.4, -0.2) is 37.0 Å². The Labute approximate surface area is 125 Å². The molecule has 2 atom stereocenters. The standard InChI is InChI=1S/C16H22O3S/c1-3-7-14(17)12-15(19-13-18-2)10-11-20-16-8-5-4-6-9-16/h1,4-6,8-9,14-15,17H,7,10-13H2,2H3/t14-,15+/m1/s1. The summed E-state index contributed by atoms with van der Waals surface area (Å²) in [5, 5.41) is 9.77.